The van der Waals surface area contributed by atoms with Crippen molar-refractivity contribution in [2.75, 3.05) is 0 Å². The second kappa shape index (κ2) is 11.8. The van der Waals surface area contributed by atoms with Crippen molar-refractivity contribution in [1.29, 1.82) is 0 Å². The number of carbonyl (C=O) groups excluding carboxylic acids is 1. The van der Waals surface area contributed by atoms with E-state index in [2.05, 4.69) is 45.0 Å². The molecule has 0 spiro atoms. The second-order valence-electron chi connectivity index (χ2n) is 12.4. The molecule has 0 aromatic heterocycles. The Kier molecular flexibility index (Phi) is 8.76. The first kappa shape index (κ1) is 32.6. The summed E-state index contributed by atoms with van der Waals surface area (Å²) in [7, 11) is -6.36. The first-order chi connectivity index (χ1) is 20.5. The van der Waals surface area contributed by atoms with Crippen molar-refractivity contribution >= 4 is 27.0 Å². The van der Waals surface area contributed by atoms with E-state index in [0.29, 0.717) is 6.92 Å². The first-order valence-electron chi connectivity index (χ1n) is 14.5. The number of halogens is 2. The van der Waals surface area contributed by atoms with E-state index >= 15 is 0 Å². The normalized spacial score (nSPS) is 23.6. The summed E-state index contributed by atoms with van der Waals surface area (Å²) in [5.74, 6) is -1.95. The van der Waals surface area contributed by atoms with Gasteiger partial charge in [-0.15, -0.1) is 0 Å². The lowest BCUT2D eigenvalue weighted by Crippen LogP contribution is -2.42. The Morgan fingerprint density at radius 2 is 1.36 bits per heavy atom. The summed E-state index contributed by atoms with van der Waals surface area (Å²) in [6.45, 7) is 9.10. The second-order valence-corrected chi connectivity index (χ2v) is 15.9. The average molecular weight is 648 g/mol. The molecule has 7 nitrogen and oxygen atoms in total. The number of ether oxygens (including phenoxy) is 3. The lowest BCUT2D eigenvalue weighted by Gasteiger charge is -2.25. The van der Waals surface area contributed by atoms with Gasteiger partial charge in [0.1, 0.15) is 0 Å². The molecule has 0 amide bonds. The lowest BCUT2D eigenvalue weighted by molar-refractivity contribution is -0.174. The van der Waals surface area contributed by atoms with Crippen LogP contribution in [0.4, 0.5) is 8.78 Å². The smallest absolute Gasteiger partial charge is 0.405 e. The Morgan fingerprint density at radius 1 is 0.909 bits per heavy atom. The van der Waals surface area contributed by atoms with Gasteiger partial charge in [-0.1, -0.05) is 32.9 Å². The van der Waals surface area contributed by atoms with Crippen LogP contribution in [0.1, 0.15) is 75.4 Å². The molecule has 4 atom stereocenters. The highest BCUT2D eigenvalue weighted by Crippen LogP contribution is 2.44. The molecule has 5 rings (SSSR count). The van der Waals surface area contributed by atoms with Crippen LogP contribution in [0.15, 0.2) is 87.5 Å². The van der Waals surface area contributed by atoms with Crippen molar-refractivity contribution in [3.8, 4) is 0 Å². The minimum Gasteiger partial charge on any atom is -0.451 e. The lowest BCUT2D eigenvalue weighted by atomic mass is 9.87. The summed E-state index contributed by atoms with van der Waals surface area (Å²) >= 11 is 0. The number of hydrogen-bond donors (Lipinski definition) is 1. The number of benzene rings is 3. The Hall–Kier alpha value is -2.83. The van der Waals surface area contributed by atoms with Gasteiger partial charge in [0, 0.05) is 5.56 Å². The van der Waals surface area contributed by atoms with Crippen molar-refractivity contribution in [2.45, 2.75) is 103 Å². The fourth-order valence-electron chi connectivity index (χ4n) is 5.53. The van der Waals surface area contributed by atoms with Crippen molar-refractivity contribution in [3.05, 3.63) is 89.5 Å². The number of alkyl halides is 2. The largest absolute Gasteiger partial charge is 0.451 e. The molecule has 3 aromatic rings. The zero-order valence-electron chi connectivity index (χ0n) is 25.3. The Labute approximate surface area is 260 Å². The maximum Gasteiger partial charge on any atom is 0.405 e. The molecule has 2 fully saturated rings. The molecule has 1 saturated heterocycles. The van der Waals surface area contributed by atoms with Crippen LogP contribution in [0.3, 0.4) is 0 Å². The van der Waals surface area contributed by atoms with Crippen LogP contribution in [-0.4, -0.2) is 42.5 Å². The Morgan fingerprint density at radius 3 is 1.82 bits per heavy atom. The topological polar surface area (TPSA) is 99.1 Å². The van der Waals surface area contributed by atoms with E-state index < -0.39 is 44.1 Å². The van der Waals surface area contributed by atoms with Crippen LogP contribution in [0.25, 0.3) is 0 Å². The highest BCUT2D eigenvalue weighted by atomic mass is 32.2. The average Bonchev–Trinajstić information content (AvgIpc) is 3.52. The molecule has 2 aliphatic rings. The van der Waals surface area contributed by atoms with Crippen molar-refractivity contribution in [1.82, 2.24) is 0 Å². The third-order valence-corrected chi connectivity index (χ3v) is 11.4. The van der Waals surface area contributed by atoms with Crippen molar-refractivity contribution in [2.24, 2.45) is 0 Å². The van der Waals surface area contributed by atoms with Crippen LogP contribution in [0.2, 0.25) is 0 Å². The molecule has 0 bridgehead atoms. The number of carbonyl (C=O) groups is 1. The van der Waals surface area contributed by atoms with Gasteiger partial charge < -0.3 is 14.2 Å². The minimum atomic E-state index is -5.76. The highest BCUT2D eigenvalue weighted by Gasteiger charge is 2.52. The van der Waals surface area contributed by atoms with Crippen LogP contribution in [-0.2, 0) is 46.4 Å². The van der Waals surface area contributed by atoms with E-state index in [1.165, 1.54) is 17.7 Å². The molecule has 1 N–H and O–H groups in total. The van der Waals surface area contributed by atoms with E-state index in [1.54, 1.807) is 12.1 Å². The summed E-state index contributed by atoms with van der Waals surface area (Å²) in [6, 6.07) is 22.9. The maximum absolute atomic E-state index is 13.9. The van der Waals surface area contributed by atoms with Crippen LogP contribution >= 0.6 is 0 Å². The standard InChI is InChI=1S/C33H36F2O7S2/c1-21(33(34,35)44(37,38)39)40-30(36)22-9-15-25(16-10-22)43(26-17-11-23(12-18-26)31(2,3)4)27-19-13-24(14-20-27)32(5)41-28-7-6-8-29(28)42-32/h9-21,28-29H,6-8H2,1-5H3/p+1. The fraction of sp³-hybridized carbons (Fsp3) is 0.424. The summed E-state index contributed by atoms with van der Waals surface area (Å²) < 4.78 is 76.1. The zero-order valence-corrected chi connectivity index (χ0v) is 26.9. The van der Waals surface area contributed by atoms with E-state index in [-0.39, 0.29) is 23.2 Å². The molecule has 1 aliphatic carbocycles. The fourth-order valence-corrected chi connectivity index (χ4v) is 8.04. The van der Waals surface area contributed by atoms with Crippen LogP contribution in [0.5, 0.6) is 0 Å². The monoisotopic (exact) mass is 647 g/mol. The molecule has 11 heteroatoms. The van der Waals surface area contributed by atoms with Crippen molar-refractivity contribution < 1.29 is 40.8 Å². The number of hydrogen-bond acceptors (Lipinski definition) is 6. The summed E-state index contributed by atoms with van der Waals surface area (Å²) in [6.07, 6.45) is 0.933. The van der Waals surface area contributed by atoms with Gasteiger partial charge in [-0.2, -0.15) is 17.2 Å². The molecule has 236 valence electrons. The molecule has 1 saturated carbocycles. The number of esters is 1. The zero-order chi connectivity index (χ0) is 32.1. The van der Waals surface area contributed by atoms with Gasteiger partial charge in [0.15, 0.2) is 26.6 Å². The maximum atomic E-state index is 13.9. The van der Waals surface area contributed by atoms with E-state index in [4.69, 9.17) is 18.8 Å². The molecule has 44 heavy (non-hydrogen) atoms. The van der Waals surface area contributed by atoms with Crippen LogP contribution in [0, 0.1) is 0 Å². The first-order valence-corrected chi connectivity index (χ1v) is 17.1. The minimum absolute atomic E-state index is 0.0287. The van der Waals surface area contributed by atoms with Gasteiger partial charge in [-0.3, -0.25) is 4.55 Å². The molecule has 1 heterocycles. The third-order valence-electron chi connectivity index (χ3n) is 8.14. The number of rotatable bonds is 8. The van der Waals surface area contributed by atoms with Gasteiger partial charge in [-0.05, 0) is 105 Å². The summed E-state index contributed by atoms with van der Waals surface area (Å²) in [5, 5.41) is -4.65. The van der Waals surface area contributed by atoms with Gasteiger partial charge in [-0.25, -0.2) is 4.79 Å². The molecular formula is C33H37F2O7S2+. The van der Waals surface area contributed by atoms with Gasteiger partial charge in [0.05, 0.1) is 28.7 Å². The molecular weight excluding hydrogens is 610 g/mol. The van der Waals surface area contributed by atoms with E-state index in [9.17, 15) is 22.0 Å². The summed E-state index contributed by atoms with van der Waals surface area (Å²) in [4.78, 5) is 15.5. The molecule has 3 aromatic carbocycles. The molecule has 0 radical (unpaired) electrons. The van der Waals surface area contributed by atoms with Gasteiger partial charge >= 0.3 is 21.3 Å². The Balaban J connectivity index is 1.44. The van der Waals surface area contributed by atoms with Crippen LogP contribution < -0.4 is 0 Å². The van der Waals surface area contributed by atoms with Gasteiger partial charge in [0.2, 0.25) is 0 Å². The third kappa shape index (κ3) is 6.44. The van der Waals surface area contributed by atoms with Gasteiger partial charge in [0.25, 0.3) is 0 Å². The van der Waals surface area contributed by atoms with E-state index in [1.807, 2.05) is 31.2 Å². The van der Waals surface area contributed by atoms with Crippen molar-refractivity contribution in [3.63, 3.8) is 0 Å². The number of fused-ring (bicyclic) bond motifs is 1. The predicted molar refractivity (Wildman–Crippen MR) is 163 cm³/mol. The summed E-state index contributed by atoms with van der Waals surface area (Å²) in [5.41, 5.74) is 2.04. The Bertz CT molecular complexity index is 1590. The van der Waals surface area contributed by atoms with E-state index in [0.717, 1.165) is 39.5 Å². The quantitative estimate of drug-likeness (QED) is 0.156. The highest BCUT2D eigenvalue weighted by molar-refractivity contribution is 7.97. The predicted octanol–water partition coefficient (Wildman–Crippen LogP) is 7.25. The molecule has 4 unspecified atom stereocenters. The molecule has 1 aliphatic heterocycles. The SMILES string of the molecule is CC(OC(=O)c1ccc([S+](c2ccc(C(C)(C)C)cc2)c2ccc(C3(C)OC4CCCC4O3)cc2)cc1)C(F)(F)S(=O)(=O)O.